The van der Waals surface area contributed by atoms with Gasteiger partial charge in [0.2, 0.25) is 16.9 Å². The SMILES string of the molecule is O=c1ccc(-c2cccs2)c(O)c(O)c1O. The van der Waals surface area contributed by atoms with E-state index in [4.69, 9.17) is 0 Å². The Balaban J connectivity index is 2.80. The molecule has 4 nitrogen and oxygen atoms in total. The lowest BCUT2D eigenvalue weighted by Crippen LogP contribution is -1.92. The molecule has 0 unspecified atom stereocenters. The van der Waals surface area contributed by atoms with Crippen LogP contribution in [0.3, 0.4) is 0 Å². The van der Waals surface area contributed by atoms with Crippen molar-refractivity contribution in [2.45, 2.75) is 0 Å². The Morgan fingerprint density at radius 1 is 0.938 bits per heavy atom. The molecule has 1 aromatic heterocycles. The molecular weight excluding hydrogens is 228 g/mol. The molecule has 0 radical (unpaired) electrons. The van der Waals surface area contributed by atoms with E-state index in [1.165, 1.54) is 17.4 Å². The normalized spacial score (nSPS) is 10.2. The molecule has 0 fully saturated rings. The monoisotopic (exact) mass is 236 g/mol. The maximum Gasteiger partial charge on any atom is 0.224 e. The number of hydrogen-bond acceptors (Lipinski definition) is 5. The van der Waals surface area contributed by atoms with Gasteiger partial charge in [-0.05, 0) is 23.6 Å². The Morgan fingerprint density at radius 2 is 1.69 bits per heavy atom. The maximum atomic E-state index is 11.2. The van der Waals surface area contributed by atoms with Gasteiger partial charge >= 0.3 is 0 Å². The average Bonchev–Trinajstić information content (AvgIpc) is 2.77. The van der Waals surface area contributed by atoms with Gasteiger partial charge in [-0.15, -0.1) is 11.3 Å². The van der Waals surface area contributed by atoms with Crippen molar-refractivity contribution >= 4 is 11.3 Å². The fourth-order valence-electron chi connectivity index (χ4n) is 1.30. The Morgan fingerprint density at radius 3 is 2.31 bits per heavy atom. The van der Waals surface area contributed by atoms with Crippen molar-refractivity contribution in [3.63, 3.8) is 0 Å². The first-order valence-electron chi connectivity index (χ1n) is 4.43. The molecule has 0 aliphatic carbocycles. The van der Waals surface area contributed by atoms with Crippen molar-refractivity contribution in [3.05, 3.63) is 39.9 Å². The summed E-state index contributed by atoms with van der Waals surface area (Å²) < 4.78 is 0. The number of hydrogen-bond donors (Lipinski definition) is 3. The van der Waals surface area contributed by atoms with Gasteiger partial charge in [0.25, 0.3) is 0 Å². The van der Waals surface area contributed by atoms with Crippen LogP contribution in [-0.2, 0) is 0 Å². The average molecular weight is 236 g/mol. The van der Waals surface area contributed by atoms with Gasteiger partial charge in [-0.25, -0.2) is 0 Å². The third-order valence-electron chi connectivity index (χ3n) is 2.13. The van der Waals surface area contributed by atoms with Crippen molar-refractivity contribution in [2.24, 2.45) is 0 Å². The molecule has 0 spiro atoms. The minimum Gasteiger partial charge on any atom is -0.504 e. The molecule has 2 rings (SSSR count). The summed E-state index contributed by atoms with van der Waals surface area (Å²) >= 11 is 1.35. The Bertz CT molecular complexity index is 575. The fourth-order valence-corrected chi connectivity index (χ4v) is 2.06. The molecule has 2 aromatic rings. The van der Waals surface area contributed by atoms with Crippen LogP contribution in [0.1, 0.15) is 0 Å². The molecule has 5 heteroatoms. The summed E-state index contributed by atoms with van der Waals surface area (Å²) in [6, 6.07) is 5.98. The number of thiophene rings is 1. The molecule has 82 valence electrons. The maximum absolute atomic E-state index is 11.2. The van der Waals surface area contributed by atoms with Crippen molar-refractivity contribution in [2.75, 3.05) is 0 Å². The second kappa shape index (κ2) is 3.86. The standard InChI is InChI=1S/C11H8O4S/c12-7-4-3-6(8-2-1-5-16-8)9(13)11(15)10(7)14/h1-5H,(H3,12,13,14,15). The first-order chi connectivity index (χ1) is 7.61. The lowest BCUT2D eigenvalue weighted by molar-refractivity contribution is 0.369. The fraction of sp³-hybridized carbons (Fsp3) is 0. The van der Waals surface area contributed by atoms with E-state index in [-0.39, 0.29) is 0 Å². The second-order valence-corrected chi connectivity index (χ2v) is 4.08. The minimum atomic E-state index is -0.847. The summed E-state index contributed by atoms with van der Waals surface area (Å²) in [5, 5.41) is 30.2. The van der Waals surface area contributed by atoms with Crippen molar-refractivity contribution in [1.82, 2.24) is 0 Å². The summed E-state index contributed by atoms with van der Waals surface area (Å²) in [6.07, 6.45) is 0. The highest BCUT2D eigenvalue weighted by Crippen LogP contribution is 2.40. The highest BCUT2D eigenvalue weighted by atomic mass is 32.1. The molecular formula is C11H8O4S. The summed E-state index contributed by atoms with van der Waals surface area (Å²) in [6.45, 7) is 0. The Kier molecular flexibility index (Phi) is 2.54. The molecule has 1 heterocycles. The molecule has 0 atom stereocenters. The van der Waals surface area contributed by atoms with E-state index in [0.29, 0.717) is 10.4 Å². The van der Waals surface area contributed by atoms with Gasteiger partial charge in [0.15, 0.2) is 5.75 Å². The van der Waals surface area contributed by atoms with Crippen LogP contribution >= 0.6 is 11.3 Å². The molecule has 1 aromatic carbocycles. The quantitative estimate of drug-likeness (QED) is 0.706. The zero-order valence-corrected chi connectivity index (χ0v) is 8.86. The van der Waals surface area contributed by atoms with E-state index < -0.39 is 22.7 Å². The third kappa shape index (κ3) is 1.61. The van der Waals surface area contributed by atoms with Crippen LogP contribution in [0.2, 0.25) is 0 Å². The van der Waals surface area contributed by atoms with Gasteiger partial charge in [-0.1, -0.05) is 6.07 Å². The predicted octanol–water partition coefficient (Wildman–Crippen LogP) is 1.89. The third-order valence-corrected chi connectivity index (χ3v) is 3.03. The second-order valence-electron chi connectivity index (χ2n) is 3.13. The number of aromatic hydroxyl groups is 3. The predicted molar refractivity (Wildman–Crippen MR) is 61.0 cm³/mol. The van der Waals surface area contributed by atoms with Gasteiger partial charge in [0.05, 0.1) is 0 Å². The smallest absolute Gasteiger partial charge is 0.224 e. The lowest BCUT2D eigenvalue weighted by atomic mass is 10.2. The highest BCUT2D eigenvalue weighted by molar-refractivity contribution is 7.13. The van der Waals surface area contributed by atoms with E-state index in [0.717, 1.165) is 6.07 Å². The van der Waals surface area contributed by atoms with E-state index >= 15 is 0 Å². The molecule has 0 aliphatic heterocycles. The van der Waals surface area contributed by atoms with E-state index in [9.17, 15) is 20.1 Å². The van der Waals surface area contributed by atoms with Crippen molar-refractivity contribution < 1.29 is 15.3 Å². The number of rotatable bonds is 1. The molecule has 0 bridgehead atoms. The molecule has 0 amide bonds. The summed E-state index contributed by atoms with van der Waals surface area (Å²) in [7, 11) is 0. The largest absolute Gasteiger partial charge is 0.504 e. The summed E-state index contributed by atoms with van der Waals surface area (Å²) in [5.74, 6) is -2.14. The van der Waals surface area contributed by atoms with Crippen LogP contribution in [0.4, 0.5) is 0 Å². The summed E-state index contributed by atoms with van der Waals surface area (Å²) in [4.78, 5) is 11.9. The van der Waals surface area contributed by atoms with E-state index in [1.807, 2.05) is 0 Å². The zero-order chi connectivity index (χ0) is 11.7. The van der Waals surface area contributed by atoms with Crippen LogP contribution in [-0.4, -0.2) is 15.3 Å². The van der Waals surface area contributed by atoms with E-state index in [2.05, 4.69) is 0 Å². The summed E-state index contributed by atoms with van der Waals surface area (Å²) in [5.41, 5.74) is -0.430. The van der Waals surface area contributed by atoms with Crippen LogP contribution in [0.15, 0.2) is 34.4 Å². The van der Waals surface area contributed by atoms with E-state index in [1.54, 1.807) is 17.5 Å². The van der Waals surface area contributed by atoms with Crippen molar-refractivity contribution in [3.8, 4) is 27.7 Å². The molecule has 16 heavy (non-hydrogen) atoms. The topological polar surface area (TPSA) is 77.8 Å². The highest BCUT2D eigenvalue weighted by Gasteiger charge is 2.13. The van der Waals surface area contributed by atoms with Gasteiger partial charge < -0.3 is 15.3 Å². The molecule has 0 saturated carbocycles. The minimum absolute atomic E-state index is 0.310. The van der Waals surface area contributed by atoms with Crippen LogP contribution in [0, 0.1) is 0 Å². The van der Waals surface area contributed by atoms with Crippen LogP contribution < -0.4 is 5.43 Å². The van der Waals surface area contributed by atoms with Gasteiger partial charge in [0.1, 0.15) is 0 Å². The van der Waals surface area contributed by atoms with Gasteiger partial charge in [-0.3, -0.25) is 4.79 Å². The Hall–Kier alpha value is -2.01. The van der Waals surface area contributed by atoms with Gasteiger partial charge in [0, 0.05) is 10.4 Å². The molecule has 0 aliphatic rings. The Labute approximate surface area is 94.7 Å². The first kappa shape index (κ1) is 10.5. The molecule has 3 N–H and O–H groups in total. The zero-order valence-electron chi connectivity index (χ0n) is 8.04. The van der Waals surface area contributed by atoms with Gasteiger partial charge in [-0.2, -0.15) is 0 Å². The van der Waals surface area contributed by atoms with Crippen LogP contribution in [0.25, 0.3) is 10.4 Å². The first-order valence-corrected chi connectivity index (χ1v) is 5.31. The molecule has 0 saturated heterocycles. The lowest BCUT2D eigenvalue weighted by Gasteiger charge is -1.99. The van der Waals surface area contributed by atoms with Crippen molar-refractivity contribution in [1.29, 1.82) is 0 Å². The van der Waals surface area contributed by atoms with Crippen LogP contribution in [0.5, 0.6) is 17.2 Å².